The molecule has 2 rings (SSSR count). The third kappa shape index (κ3) is 4.31. The van der Waals surface area contributed by atoms with Gasteiger partial charge in [-0.25, -0.2) is 0 Å². The van der Waals surface area contributed by atoms with Crippen molar-refractivity contribution in [2.24, 2.45) is 5.92 Å². The second-order valence-electron chi connectivity index (χ2n) is 4.87. The van der Waals surface area contributed by atoms with Crippen molar-refractivity contribution in [1.29, 1.82) is 0 Å². The van der Waals surface area contributed by atoms with Crippen molar-refractivity contribution in [1.82, 2.24) is 5.32 Å². The Labute approximate surface area is 115 Å². The molecule has 4 heteroatoms. The number of carbonyl (C=O) groups is 1. The quantitative estimate of drug-likeness (QED) is 0.889. The number of hydrogen-bond donors (Lipinski definition) is 1. The summed E-state index contributed by atoms with van der Waals surface area (Å²) in [7, 11) is 1.83. The average molecular weight is 269 g/mol. The van der Waals surface area contributed by atoms with Gasteiger partial charge in [-0.15, -0.1) is 12.4 Å². The smallest absolute Gasteiger partial charge is 0.240 e. The zero-order valence-electron chi connectivity index (χ0n) is 11.0. The predicted molar refractivity (Wildman–Crippen MR) is 77.4 cm³/mol. The highest BCUT2D eigenvalue weighted by Gasteiger charge is 2.21. The fraction of sp³-hybridized carbons (Fsp3) is 0.500. The molecule has 0 atom stereocenters. The van der Waals surface area contributed by atoms with Crippen LogP contribution in [0, 0.1) is 12.8 Å². The van der Waals surface area contributed by atoms with Crippen LogP contribution in [-0.4, -0.2) is 26.0 Å². The molecule has 1 aliphatic rings. The van der Waals surface area contributed by atoms with Crippen LogP contribution in [0.4, 0.5) is 5.69 Å². The Morgan fingerprint density at radius 3 is 2.78 bits per heavy atom. The number of rotatable bonds is 5. The molecule has 0 bridgehead atoms. The number of likely N-dealkylation sites (N-methyl/N-ethyl adjacent to an activating group) is 1. The van der Waals surface area contributed by atoms with E-state index in [2.05, 4.69) is 5.32 Å². The van der Waals surface area contributed by atoms with E-state index in [1.54, 1.807) is 4.90 Å². The summed E-state index contributed by atoms with van der Waals surface area (Å²) >= 11 is 0. The van der Waals surface area contributed by atoms with E-state index >= 15 is 0 Å². The van der Waals surface area contributed by atoms with Gasteiger partial charge in [0.05, 0.1) is 6.54 Å². The van der Waals surface area contributed by atoms with Crippen LogP contribution in [-0.2, 0) is 4.79 Å². The summed E-state index contributed by atoms with van der Waals surface area (Å²) in [5.41, 5.74) is 2.14. The van der Waals surface area contributed by atoms with Crippen molar-refractivity contribution in [3.05, 3.63) is 29.8 Å². The second-order valence-corrected chi connectivity index (χ2v) is 4.87. The summed E-state index contributed by atoms with van der Waals surface area (Å²) in [6, 6.07) is 8.00. The van der Waals surface area contributed by atoms with Gasteiger partial charge in [-0.05, 0) is 49.9 Å². The molecule has 0 aromatic heterocycles. The molecule has 0 saturated heterocycles. The summed E-state index contributed by atoms with van der Waals surface area (Å²) < 4.78 is 0. The first-order valence-electron chi connectivity index (χ1n) is 6.21. The van der Waals surface area contributed by atoms with Gasteiger partial charge in [-0.1, -0.05) is 12.1 Å². The maximum atomic E-state index is 11.9. The molecular formula is C14H21ClN2O. The van der Waals surface area contributed by atoms with Gasteiger partial charge in [0.15, 0.2) is 0 Å². The zero-order chi connectivity index (χ0) is 12.3. The number of benzene rings is 1. The molecule has 1 N–H and O–H groups in total. The van der Waals surface area contributed by atoms with Crippen molar-refractivity contribution in [3.63, 3.8) is 0 Å². The van der Waals surface area contributed by atoms with E-state index in [4.69, 9.17) is 0 Å². The van der Waals surface area contributed by atoms with E-state index in [1.165, 1.54) is 18.4 Å². The first-order valence-corrected chi connectivity index (χ1v) is 6.21. The monoisotopic (exact) mass is 268 g/mol. The topological polar surface area (TPSA) is 32.3 Å². The predicted octanol–water partition coefficient (Wildman–Crippen LogP) is 2.38. The van der Waals surface area contributed by atoms with Crippen molar-refractivity contribution < 1.29 is 4.79 Å². The van der Waals surface area contributed by atoms with E-state index in [9.17, 15) is 4.79 Å². The molecule has 1 aromatic rings. The normalized spacial score (nSPS) is 13.9. The minimum atomic E-state index is 0. The van der Waals surface area contributed by atoms with E-state index in [-0.39, 0.29) is 18.3 Å². The van der Waals surface area contributed by atoms with E-state index in [0.29, 0.717) is 6.54 Å². The number of anilines is 1. The molecule has 0 spiro atoms. The zero-order valence-corrected chi connectivity index (χ0v) is 11.8. The largest absolute Gasteiger partial charge is 0.314 e. The van der Waals surface area contributed by atoms with Crippen LogP contribution < -0.4 is 10.2 Å². The fourth-order valence-electron chi connectivity index (χ4n) is 1.80. The van der Waals surface area contributed by atoms with Crippen molar-refractivity contribution in [3.8, 4) is 0 Å². The first-order chi connectivity index (χ1) is 8.16. The van der Waals surface area contributed by atoms with Gasteiger partial charge >= 0.3 is 0 Å². The Bertz CT molecular complexity index is 405. The van der Waals surface area contributed by atoms with Gasteiger partial charge in [0.1, 0.15) is 0 Å². The summed E-state index contributed by atoms with van der Waals surface area (Å²) in [6.45, 7) is 3.45. The molecule has 0 unspecified atom stereocenters. The van der Waals surface area contributed by atoms with Crippen molar-refractivity contribution >= 4 is 24.0 Å². The lowest BCUT2D eigenvalue weighted by Crippen LogP contribution is -2.36. The van der Waals surface area contributed by atoms with Crippen LogP contribution in [0.3, 0.4) is 0 Å². The standard InChI is InChI=1S/C14H20N2O.ClH/c1-11-4-3-5-13(8-11)16(2)14(17)10-15-9-12-6-7-12;/h3-5,8,12,15H,6-7,9-10H2,1-2H3;1H. The molecule has 100 valence electrons. The maximum Gasteiger partial charge on any atom is 0.240 e. The molecule has 0 aliphatic heterocycles. The summed E-state index contributed by atoms with van der Waals surface area (Å²) in [4.78, 5) is 13.6. The molecule has 0 radical (unpaired) electrons. The molecule has 0 heterocycles. The van der Waals surface area contributed by atoms with E-state index in [1.807, 2.05) is 38.2 Å². The number of aryl methyl sites for hydroxylation is 1. The van der Waals surface area contributed by atoms with E-state index in [0.717, 1.165) is 18.2 Å². The Hall–Kier alpha value is -1.06. The molecule has 1 aromatic carbocycles. The Kier molecular flexibility index (Phi) is 5.63. The van der Waals surface area contributed by atoms with Crippen LogP contribution in [0.25, 0.3) is 0 Å². The first kappa shape index (κ1) is 15.0. The second kappa shape index (κ2) is 6.76. The van der Waals surface area contributed by atoms with Gasteiger partial charge in [-0.3, -0.25) is 4.79 Å². The minimum Gasteiger partial charge on any atom is -0.314 e. The fourth-order valence-corrected chi connectivity index (χ4v) is 1.80. The highest BCUT2D eigenvalue weighted by Crippen LogP contribution is 2.27. The number of amides is 1. The maximum absolute atomic E-state index is 11.9. The Balaban J connectivity index is 0.00000162. The summed E-state index contributed by atoms with van der Waals surface area (Å²) in [6.07, 6.45) is 2.63. The van der Waals surface area contributed by atoms with Crippen LogP contribution in [0.1, 0.15) is 18.4 Å². The SMILES string of the molecule is Cc1cccc(N(C)C(=O)CNCC2CC2)c1.Cl. The highest BCUT2D eigenvalue weighted by atomic mass is 35.5. The lowest BCUT2D eigenvalue weighted by Gasteiger charge is -2.18. The molecule has 1 amide bonds. The number of nitrogens with one attached hydrogen (secondary N) is 1. The lowest BCUT2D eigenvalue weighted by molar-refractivity contribution is -0.117. The highest BCUT2D eigenvalue weighted by molar-refractivity contribution is 5.94. The minimum absolute atomic E-state index is 0. The molecular weight excluding hydrogens is 248 g/mol. The summed E-state index contributed by atoms with van der Waals surface area (Å²) in [5, 5.41) is 3.22. The van der Waals surface area contributed by atoms with Crippen LogP contribution in [0.5, 0.6) is 0 Å². The molecule has 1 aliphatic carbocycles. The summed E-state index contributed by atoms with van der Waals surface area (Å²) in [5.74, 6) is 0.934. The van der Waals surface area contributed by atoms with Crippen LogP contribution >= 0.6 is 12.4 Å². The Morgan fingerprint density at radius 2 is 2.17 bits per heavy atom. The van der Waals surface area contributed by atoms with Gasteiger partial charge in [0.25, 0.3) is 0 Å². The molecule has 3 nitrogen and oxygen atoms in total. The van der Waals surface area contributed by atoms with Gasteiger partial charge < -0.3 is 10.2 Å². The Morgan fingerprint density at radius 1 is 1.44 bits per heavy atom. The number of halogens is 1. The molecule has 1 fully saturated rings. The van der Waals surface area contributed by atoms with Crippen molar-refractivity contribution in [2.45, 2.75) is 19.8 Å². The van der Waals surface area contributed by atoms with Gasteiger partial charge in [0.2, 0.25) is 5.91 Å². The molecule has 1 saturated carbocycles. The van der Waals surface area contributed by atoms with Gasteiger partial charge in [0, 0.05) is 12.7 Å². The van der Waals surface area contributed by atoms with Gasteiger partial charge in [-0.2, -0.15) is 0 Å². The van der Waals surface area contributed by atoms with Crippen LogP contribution in [0.2, 0.25) is 0 Å². The third-order valence-electron chi connectivity index (χ3n) is 3.17. The third-order valence-corrected chi connectivity index (χ3v) is 3.17. The lowest BCUT2D eigenvalue weighted by atomic mass is 10.2. The van der Waals surface area contributed by atoms with E-state index < -0.39 is 0 Å². The molecule has 18 heavy (non-hydrogen) atoms. The average Bonchev–Trinajstić information content (AvgIpc) is 3.12. The number of hydrogen-bond acceptors (Lipinski definition) is 2. The van der Waals surface area contributed by atoms with Crippen LogP contribution in [0.15, 0.2) is 24.3 Å². The number of nitrogens with zero attached hydrogens (tertiary/aromatic N) is 1. The van der Waals surface area contributed by atoms with Crippen molar-refractivity contribution in [2.75, 3.05) is 25.0 Å². The number of carbonyl (C=O) groups excluding carboxylic acids is 1.